The summed E-state index contributed by atoms with van der Waals surface area (Å²) in [7, 11) is 6.15. The van der Waals surface area contributed by atoms with E-state index in [9.17, 15) is 0 Å². The molecule has 25 heavy (non-hydrogen) atoms. The Bertz CT molecular complexity index is 557. The summed E-state index contributed by atoms with van der Waals surface area (Å²) in [6, 6.07) is 0.236. The average Bonchev–Trinajstić information content (AvgIpc) is 2.91. The second-order valence-corrected chi connectivity index (χ2v) is 8.95. The van der Waals surface area contributed by atoms with Crippen LogP contribution >= 0.6 is 35.7 Å². The molecule has 1 saturated heterocycles. The van der Waals surface area contributed by atoms with E-state index in [-0.39, 0.29) is 34.8 Å². The van der Waals surface area contributed by atoms with Gasteiger partial charge in [0.05, 0.1) is 18.8 Å². The molecule has 6 nitrogen and oxygen atoms in total. The number of hydrogen-bond donors (Lipinski definition) is 1. The van der Waals surface area contributed by atoms with Gasteiger partial charge in [-0.3, -0.25) is 9.67 Å². The van der Waals surface area contributed by atoms with E-state index in [1.165, 1.54) is 5.56 Å². The van der Waals surface area contributed by atoms with Crippen molar-refractivity contribution in [2.75, 3.05) is 46.0 Å². The zero-order valence-corrected chi connectivity index (χ0v) is 19.5. The molecular formula is C17H33IN6S. The minimum Gasteiger partial charge on any atom is -0.357 e. The first-order valence-electron chi connectivity index (χ1n) is 8.64. The molecule has 1 aliphatic rings. The average molecular weight is 480 g/mol. The number of halogens is 1. The summed E-state index contributed by atoms with van der Waals surface area (Å²) >= 11 is 2.04. The van der Waals surface area contributed by atoms with Gasteiger partial charge in [-0.05, 0) is 34.9 Å². The Morgan fingerprint density at radius 3 is 2.72 bits per heavy atom. The third-order valence-corrected chi connectivity index (χ3v) is 5.50. The number of nitrogens with zero attached hydrogens (tertiary/aromatic N) is 5. The van der Waals surface area contributed by atoms with E-state index in [1.54, 1.807) is 0 Å². The van der Waals surface area contributed by atoms with E-state index in [4.69, 9.17) is 4.99 Å². The normalized spacial score (nSPS) is 18.8. The molecule has 1 unspecified atom stereocenters. The number of guanidine groups is 1. The second kappa shape index (κ2) is 10.0. The van der Waals surface area contributed by atoms with Gasteiger partial charge in [0, 0.05) is 48.9 Å². The number of hydrogen-bond acceptors (Lipinski definition) is 4. The largest absolute Gasteiger partial charge is 0.357 e. The van der Waals surface area contributed by atoms with Gasteiger partial charge in [-0.2, -0.15) is 16.9 Å². The molecule has 0 bridgehead atoms. The molecule has 8 heteroatoms. The van der Waals surface area contributed by atoms with Crippen LogP contribution in [0.15, 0.2) is 17.4 Å². The summed E-state index contributed by atoms with van der Waals surface area (Å²) in [6.45, 7) is 10.5. The van der Waals surface area contributed by atoms with Gasteiger partial charge >= 0.3 is 0 Å². The van der Waals surface area contributed by atoms with Gasteiger partial charge in [-0.25, -0.2) is 0 Å². The minimum absolute atomic E-state index is 0. The Labute approximate surface area is 173 Å². The molecule has 2 rings (SSSR count). The van der Waals surface area contributed by atoms with Crippen LogP contribution in [0.5, 0.6) is 0 Å². The van der Waals surface area contributed by atoms with Crippen LogP contribution in [0.2, 0.25) is 0 Å². The van der Waals surface area contributed by atoms with E-state index in [1.807, 2.05) is 29.7 Å². The summed E-state index contributed by atoms with van der Waals surface area (Å²) in [5, 5.41) is 7.77. The molecule has 0 aliphatic carbocycles. The molecule has 1 aliphatic heterocycles. The maximum absolute atomic E-state index is 4.95. The van der Waals surface area contributed by atoms with E-state index < -0.39 is 0 Å². The van der Waals surface area contributed by atoms with Crippen LogP contribution in [-0.4, -0.2) is 76.3 Å². The lowest BCUT2D eigenvalue weighted by Crippen LogP contribution is -2.51. The summed E-state index contributed by atoms with van der Waals surface area (Å²) in [5.41, 5.74) is 1.21. The van der Waals surface area contributed by atoms with Gasteiger partial charge in [0.2, 0.25) is 0 Å². The molecule has 0 saturated carbocycles. The number of nitrogens with one attached hydrogen (secondary N) is 1. The lowest BCUT2D eigenvalue weighted by Gasteiger charge is -2.39. The molecule has 1 fully saturated rings. The van der Waals surface area contributed by atoms with Crippen molar-refractivity contribution in [3.05, 3.63) is 18.0 Å². The van der Waals surface area contributed by atoms with Gasteiger partial charge in [-0.1, -0.05) is 0 Å². The first kappa shape index (κ1) is 22.6. The second-order valence-electron chi connectivity index (χ2n) is 7.15. The number of likely N-dealkylation sites (N-methyl/N-ethyl adjacent to an activating group) is 1. The number of rotatable bonds is 5. The number of aryl methyl sites for hydroxylation is 1. The maximum atomic E-state index is 4.95. The van der Waals surface area contributed by atoms with Crippen LogP contribution in [0, 0.1) is 0 Å². The third kappa shape index (κ3) is 6.63. The standard InChI is InChI=1S/C17H32N6S.HI/c1-7-18-16(23-8-9-24-17(2,3)13-23)19-11-15(21(4)5)14-10-20-22(6)12-14;/h10,12,15H,7-9,11,13H2,1-6H3,(H,18,19);1H. The van der Waals surface area contributed by atoms with Crippen molar-refractivity contribution in [1.82, 2.24) is 24.9 Å². The Kier molecular flexibility index (Phi) is 9.03. The minimum atomic E-state index is 0. The predicted molar refractivity (Wildman–Crippen MR) is 119 cm³/mol. The number of thioether (sulfide) groups is 1. The van der Waals surface area contributed by atoms with Crippen molar-refractivity contribution < 1.29 is 0 Å². The molecule has 0 amide bonds. The number of aliphatic imine (C=N–C) groups is 1. The monoisotopic (exact) mass is 480 g/mol. The van der Waals surface area contributed by atoms with E-state index >= 15 is 0 Å². The predicted octanol–water partition coefficient (Wildman–Crippen LogP) is 2.43. The van der Waals surface area contributed by atoms with E-state index in [0.29, 0.717) is 0 Å². The van der Waals surface area contributed by atoms with Crippen LogP contribution in [0.4, 0.5) is 0 Å². The highest BCUT2D eigenvalue weighted by atomic mass is 127. The van der Waals surface area contributed by atoms with E-state index in [2.05, 4.69) is 61.3 Å². The molecule has 1 aromatic rings. The van der Waals surface area contributed by atoms with Crippen molar-refractivity contribution in [1.29, 1.82) is 0 Å². The summed E-state index contributed by atoms with van der Waals surface area (Å²) < 4.78 is 2.13. The quantitative estimate of drug-likeness (QED) is 0.399. The van der Waals surface area contributed by atoms with Gasteiger partial charge in [0.15, 0.2) is 5.96 Å². The zero-order valence-electron chi connectivity index (χ0n) is 16.3. The molecule has 0 aromatic carbocycles. The topological polar surface area (TPSA) is 48.7 Å². The summed E-state index contributed by atoms with van der Waals surface area (Å²) in [5.74, 6) is 2.18. The Morgan fingerprint density at radius 1 is 1.48 bits per heavy atom. The molecule has 1 atom stereocenters. The van der Waals surface area contributed by atoms with Gasteiger partial charge in [-0.15, -0.1) is 24.0 Å². The Morgan fingerprint density at radius 2 is 2.20 bits per heavy atom. The smallest absolute Gasteiger partial charge is 0.194 e. The lowest BCUT2D eigenvalue weighted by molar-refractivity contribution is 0.303. The fraction of sp³-hybridized carbons (Fsp3) is 0.765. The molecule has 1 aromatic heterocycles. The lowest BCUT2D eigenvalue weighted by atomic mass is 10.1. The van der Waals surface area contributed by atoms with Crippen LogP contribution in [0.25, 0.3) is 0 Å². The van der Waals surface area contributed by atoms with Crippen molar-refractivity contribution >= 4 is 41.7 Å². The SMILES string of the molecule is CCNC(=NCC(c1cnn(C)c1)N(C)C)N1CCSC(C)(C)C1.I. The Hall–Kier alpha value is -0.480. The fourth-order valence-electron chi connectivity index (χ4n) is 2.98. The van der Waals surface area contributed by atoms with Gasteiger partial charge < -0.3 is 15.1 Å². The summed E-state index contributed by atoms with van der Waals surface area (Å²) in [4.78, 5) is 9.56. The highest BCUT2D eigenvalue weighted by Crippen LogP contribution is 2.29. The highest BCUT2D eigenvalue weighted by Gasteiger charge is 2.29. The molecule has 144 valence electrons. The first-order chi connectivity index (χ1) is 11.3. The van der Waals surface area contributed by atoms with Gasteiger partial charge in [0.1, 0.15) is 0 Å². The fourth-order valence-corrected chi connectivity index (χ4v) is 4.09. The number of aromatic nitrogens is 2. The van der Waals surface area contributed by atoms with Crippen LogP contribution < -0.4 is 5.32 Å². The van der Waals surface area contributed by atoms with Crippen molar-refractivity contribution in [2.45, 2.75) is 31.6 Å². The molecule has 0 radical (unpaired) electrons. The van der Waals surface area contributed by atoms with E-state index in [0.717, 1.165) is 37.9 Å². The maximum Gasteiger partial charge on any atom is 0.194 e. The van der Waals surface area contributed by atoms with Crippen molar-refractivity contribution in [3.63, 3.8) is 0 Å². The highest BCUT2D eigenvalue weighted by molar-refractivity contribution is 14.0. The molecule has 1 N–H and O–H groups in total. The van der Waals surface area contributed by atoms with Crippen LogP contribution in [0.3, 0.4) is 0 Å². The molecular weight excluding hydrogens is 447 g/mol. The Balaban J connectivity index is 0.00000312. The first-order valence-corrected chi connectivity index (χ1v) is 9.63. The van der Waals surface area contributed by atoms with Crippen molar-refractivity contribution in [2.24, 2.45) is 12.0 Å². The summed E-state index contributed by atoms with van der Waals surface area (Å²) in [6.07, 6.45) is 4.02. The van der Waals surface area contributed by atoms with Gasteiger partial charge in [0.25, 0.3) is 0 Å². The zero-order chi connectivity index (χ0) is 17.7. The molecule has 0 spiro atoms. The van der Waals surface area contributed by atoms with Crippen LogP contribution in [0.1, 0.15) is 32.4 Å². The van der Waals surface area contributed by atoms with Crippen molar-refractivity contribution in [3.8, 4) is 0 Å². The molecule has 2 heterocycles. The third-order valence-electron chi connectivity index (χ3n) is 4.21. The van der Waals surface area contributed by atoms with Crippen LogP contribution in [-0.2, 0) is 7.05 Å².